The van der Waals surface area contributed by atoms with Crippen molar-refractivity contribution < 1.29 is 14.4 Å². The summed E-state index contributed by atoms with van der Waals surface area (Å²) >= 11 is 0. The van der Waals surface area contributed by atoms with E-state index < -0.39 is 4.92 Å². The number of fused-ring (bicyclic) bond motifs is 1. The summed E-state index contributed by atoms with van der Waals surface area (Å²) < 4.78 is 5.68. The molecule has 1 aromatic heterocycles. The molecular weight excluding hydrogens is 286 g/mol. The van der Waals surface area contributed by atoms with Crippen LogP contribution in [0.15, 0.2) is 22.6 Å². The number of nitro benzene ring substituents is 1. The first-order valence-electron chi connectivity index (χ1n) is 7.47. The fraction of sp³-hybridized carbons (Fsp3) is 0.533. The van der Waals surface area contributed by atoms with Gasteiger partial charge in [0.1, 0.15) is 5.52 Å². The van der Waals surface area contributed by atoms with Crippen molar-refractivity contribution >= 4 is 16.8 Å². The van der Waals surface area contributed by atoms with E-state index in [1.165, 1.54) is 12.1 Å². The molecule has 7 nitrogen and oxygen atoms in total. The zero-order valence-corrected chi connectivity index (χ0v) is 12.4. The third-order valence-corrected chi connectivity index (χ3v) is 4.38. The number of hydrogen-bond acceptors (Lipinski definition) is 6. The largest absolute Gasteiger partial charge is 0.439 e. The standard InChI is InChI=1S/C15H19N3O4/c1-10-3-2-6-17(13(10)9-19)8-15-16-12-7-11(18(20)21)4-5-14(12)22-15/h4-5,7,10,13,19H,2-3,6,8-9H2,1H3. The van der Waals surface area contributed by atoms with Gasteiger partial charge in [-0.05, 0) is 31.4 Å². The number of non-ortho nitro benzene ring substituents is 1. The first-order chi connectivity index (χ1) is 10.6. The van der Waals surface area contributed by atoms with Crippen LogP contribution in [-0.2, 0) is 6.54 Å². The zero-order valence-electron chi connectivity index (χ0n) is 12.4. The molecule has 0 amide bonds. The molecule has 1 fully saturated rings. The molecule has 1 aliphatic heterocycles. The molecule has 7 heteroatoms. The second kappa shape index (κ2) is 6.02. The van der Waals surface area contributed by atoms with Crippen molar-refractivity contribution in [2.45, 2.75) is 32.4 Å². The lowest BCUT2D eigenvalue weighted by molar-refractivity contribution is -0.384. The van der Waals surface area contributed by atoms with Crippen molar-refractivity contribution in [2.24, 2.45) is 5.92 Å². The molecule has 0 radical (unpaired) electrons. The molecule has 22 heavy (non-hydrogen) atoms. The lowest BCUT2D eigenvalue weighted by Crippen LogP contribution is -2.46. The molecule has 2 heterocycles. The maximum absolute atomic E-state index is 10.8. The van der Waals surface area contributed by atoms with Gasteiger partial charge in [0.2, 0.25) is 5.89 Å². The van der Waals surface area contributed by atoms with Gasteiger partial charge < -0.3 is 9.52 Å². The molecule has 1 saturated heterocycles. The number of aromatic nitrogens is 1. The topological polar surface area (TPSA) is 92.6 Å². The van der Waals surface area contributed by atoms with Gasteiger partial charge in [0.15, 0.2) is 5.58 Å². The quantitative estimate of drug-likeness (QED) is 0.688. The number of benzene rings is 1. The van der Waals surface area contributed by atoms with Gasteiger partial charge in [-0.15, -0.1) is 0 Å². The van der Waals surface area contributed by atoms with Crippen molar-refractivity contribution in [3.8, 4) is 0 Å². The van der Waals surface area contributed by atoms with E-state index in [4.69, 9.17) is 4.42 Å². The van der Waals surface area contributed by atoms with Crippen LogP contribution in [-0.4, -0.2) is 39.1 Å². The Morgan fingerprint density at radius 1 is 1.55 bits per heavy atom. The van der Waals surface area contributed by atoms with Crippen LogP contribution in [0, 0.1) is 16.0 Å². The highest BCUT2D eigenvalue weighted by Gasteiger charge is 2.29. The number of likely N-dealkylation sites (tertiary alicyclic amines) is 1. The number of hydrogen-bond donors (Lipinski definition) is 1. The summed E-state index contributed by atoms with van der Waals surface area (Å²) in [6.45, 7) is 3.67. The van der Waals surface area contributed by atoms with E-state index in [1.54, 1.807) is 6.07 Å². The van der Waals surface area contributed by atoms with E-state index in [2.05, 4.69) is 16.8 Å². The molecule has 2 atom stereocenters. The predicted molar refractivity (Wildman–Crippen MR) is 80.3 cm³/mol. The number of oxazole rings is 1. The summed E-state index contributed by atoms with van der Waals surface area (Å²) in [4.78, 5) is 16.9. The van der Waals surface area contributed by atoms with Crippen molar-refractivity contribution in [3.05, 3.63) is 34.2 Å². The molecule has 1 aliphatic rings. The second-order valence-corrected chi connectivity index (χ2v) is 5.86. The normalized spacial score (nSPS) is 23.0. The van der Waals surface area contributed by atoms with E-state index in [1.807, 2.05) is 0 Å². The molecule has 0 saturated carbocycles. The second-order valence-electron chi connectivity index (χ2n) is 5.86. The van der Waals surface area contributed by atoms with E-state index in [-0.39, 0.29) is 18.3 Å². The van der Waals surface area contributed by atoms with Crippen molar-refractivity contribution in [3.63, 3.8) is 0 Å². The third-order valence-electron chi connectivity index (χ3n) is 4.38. The van der Waals surface area contributed by atoms with Crippen LogP contribution in [0.4, 0.5) is 5.69 Å². The molecule has 0 bridgehead atoms. The monoisotopic (exact) mass is 305 g/mol. The number of nitrogens with zero attached hydrogens (tertiary/aromatic N) is 3. The Bertz CT molecular complexity index is 684. The Hall–Kier alpha value is -1.99. The molecule has 0 aliphatic carbocycles. The molecule has 1 N–H and O–H groups in total. The van der Waals surface area contributed by atoms with Crippen LogP contribution in [0.1, 0.15) is 25.7 Å². The predicted octanol–water partition coefficient (Wildman–Crippen LogP) is 2.33. The summed E-state index contributed by atoms with van der Waals surface area (Å²) in [6.07, 6.45) is 2.20. The van der Waals surface area contributed by atoms with Crippen LogP contribution in [0.2, 0.25) is 0 Å². The van der Waals surface area contributed by atoms with Gasteiger partial charge in [-0.25, -0.2) is 4.98 Å². The Morgan fingerprint density at radius 2 is 2.36 bits per heavy atom. The Labute approximate surface area is 127 Å². The molecule has 0 spiro atoms. The minimum absolute atomic E-state index is 0.00665. The lowest BCUT2D eigenvalue weighted by atomic mass is 9.91. The van der Waals surface area contributed by atoms with Gasteiger partial charge in [0.05, 0.1) is 18.1 Å². The van der Waals surface area contributed by atoms with Crippen LogP contribution in [0.25, 0.3) is 11.1 Å². The van der Waals surface area contributed by atoms with E-state index >= 15 is 0 Å². The van der Waals surface area contributed by atoms with Gasteiger partial charge >= 0.3 is 0 Å². The Morgan fingerprint density at radius 3 is 3.09 bits per heavy atom. The van der Waals surface area contributed by atoms with Crippen LogP contribution in [0.5, 0.6) is 0 Å². The number of nitro groups is 1. The molecule has 2 unspecified atom stereocenters. The van der Waals surface area contributed by atoms with Crippen LogP contribution in [0.3, 0.4) is 0 Å². The highest BCUT2D eigenvalue weighted by molar-refractivity contribution is 5.75. The Balaban J connectivity index is 1.82. The maximum Gasteiger partial charge on any atom is 0.271 e. The highest BCUT2D eigenvalue weighted by atomic mass is 16.6. The lowest BCUT2D eigenvalue weighted by Gasteiger charge is -2.38. The third kappa shape index (κ3) is 2.82. The minimum Gasteiger partial charge on any atom is -0.439 e. The van der Waals surface area contributed by atoms with Crippen LogP contribution >= 0.6 is 0 Å². The molecule has 118 valence electrons. The smallest absolute Gasteiger partial charge is 0.271 e. The summed E-state index contributed by atoms with van der Waals surface area (Å²) in [7, 11) is 0. The SMILES string of the molecule is CC1CCCN(Cc2nc3cc([N+](=O)[O-])ccc3o2)C1CO. The number of aliphatic hydroxyl groups is 1. The number of rotatable bonds is 4. The number of piperidine rings is 1. The Kier molecular flexibility index (Phi) is 4.08. The minimum atomic E-state index is -0.443. The maximum atomic E-state index is 10.8. The summed E-state index contributed by atoms with van der Waals surface area (Å²) in [6, 6.07) is 4.52. The zero-order chi connectivity index (χ0) is 15.7. The van der Waals surface area contributed by atoms with Gasteiger partial charge in [0.25, 0.3) is 5.69 Å². The number of aliphatic hydroxyl groups excluding tert-OH is 1. The first-order valence-corrected chi connectivity index (χ1v) is 7.47. The van der Waals surface area contributed by atoms with Crippen LogP contribution < -0.4 is 0 Å². The van der Waals surface area contributed by atoms with Gasteiger partial charge in [-0.2, -0.15) is 0 Å². The molecule has 2 aromatic rings. The van der Waals surface area contributed by atoms with E-state index in [9.17, 15) is 15.2 Å². The summed E-state index contributed by atoms with van der Waals surface area (Å²) in [5, 5.41) is 20.4. The van der Waals surface area contributed by atoms with Gasteiger partial charge in [0, 0.05) is 18.2 Å². The fourth-order valence-corrected chi connectivity index (χ4v) is 3.14. The van der Waals surface area contributed by atoms with Gasteiger partial charge in [-0.1, -0.05) is 6.92 Å². The van der Waals surface area contributed by atoms with Crippen molar-refractivity contribution in [1.29, 1.82) is 0 Å². The van der Waals surface area contributed by atoms with E-state index in [0.717, 1.165) is 19.4 Å². The molecular formula is C15H19N3O4. The first kappa shape index (κ1) is 14.9. The average molecular weight is 305 g/mol. The molecule has 1 aromatic carbocycles. The summed E-state index contributed by atoms with van der Waals surface area (Å²) in [5.74, 6) is 0.965. The fourth-order valence-electron chi connectivity index (χ4n) is 3.14. The van der Waals surface area contributed by atoms with Crippen molar-refractivity contribution in [2.75, 3.05) is 13.2 Å². The van der Waals surface area contributed by atoms with E-state index in [0.29, 0.717) is 29.5 Å². The highest BCUT2D eigenvalue weighted by Crippen LogP contribution is 2.26. The summed E-state index contributed by atoms with van der Waals surface area (Å²) in [5.41, 5.74) is 1.05. The van der Waals surface area contributed by atoms with Gasteiger partial charge in [-0.3, -0.25) is 15.0 Å². The molecule has 3 rings (SSSR count). The van der Waals surface area contributed by atoms with Crippen molar-refractivity contribution in [1.82, 2.24) is 9.88 Å². The average Bonchev–Trinajstić information content (AvgIpc) is 2.88.